The minimum absolute atomic E-state index is 0.114. The SMILES string of the molecule is Cc1ccc(OCC(O)CNCC(C)(C)CO)c(Br)c1. The van der Waals surface area contributed by atoms with Gasteiger partial charge in [0.05, 0.1) is 4.47 Å². The van der Waals surface area contributed by atoms with Gasteiger partial charge in [0, 0.05) is 25.1 Å². The van der Waals surface area contributed by atoms with Gasteiger partial charge in [-0.2, -0.15) is 0 Å². The number of nitrogens with one attached hydrogen (secondary N) is 1. The van der Waals surface area contributed by atoms with Crippen molar-refractivity contribution in [3.63, 3.8) is 0 Å². The Bertz CT molecular complexity index is 424. The molecule has 0 radical (unpaired) electrons. The van der Waals surface area contributed by atoms with E-state index in [-0.39, 0.29) is 18.6 Å². The molecule has 0 saturated heterocycles. The summed E-state index contributed by atoms with van der Waals surface area (Å²) in [5.74, 6) is 0.727. The smallest absolute Gasteiger partial charge is 0.133 e. The molecule has 0 heterocycles. The molecule has 0 amide bonds. The first-order valence-electron chi connectivity index (χ1n) is 6.72. The van der Waals surface area contributed by atoms with E-state index in [1.54, 1.807) is 0 Å². The molecule has 1 unspecified atom stereocenters. The molecule has 0 saturated carbocycles. The standard InChI is InChI=1S/C15H24BrNO3/c1-11-4-5-14(13(16)6-11)20-8-12(19)7-17-9-15(2,3)10-18/h4-6,12,17-19H,7-10H2,1-3H3. The van der Waals surface area contributed by atoms with Gasteiger partial charge >= 0.3 is 0 Å². The van der Waals surface area contributed by atoms with Gasteiger partial charge in [0.2, 0.25) is 0 Å². The van der Waals surface area contributed by atoms with Crippen LogP contribution in [-0.4, -0.2) is 42.6 Å². The first-order valence-corrected chi connectivity index (χ1v) is 7.52. The summed E-state index contributed by atoms with van der Waals surface area (Å²) < 4.78 is 6.46. The molecular formula is C15H24BrNO3. The number of halogens is 1. The normalized spacial score (nSPS) is 13.3. The Morgan fingerprint density at radius 2 is 2.10 bits per heavy atom. The molecule has 0 aliphatic carbocycles. The van der Waals surface area contributed by atoms with Crippen molar-refractivity contribution in [2.45, 2.75) is 26.9 Å². The van der Waals surface area contributed by atoms with Gasteiger partial charge in [-0.15, -0.1) is 0 Å². The van der Waals surface area contributed by atoms with Crippen LogP contribution in [0.15, 0.2) is 22.7 Å². The molecule has 0 aliphatic heterocycles. The Balaban J connectivity index is 2.31. The zero-order valence-electron chi connectivity index (χ0n) is 12.3. The van der Waals surface area contributed by atoms with E-state index in [2.05, 4.69) is 21.2 Å². The van der Waals surface area contributed by atoms with Gasteiger partial charge in [-0.3, -0.25) is 0 Å². The lowest BCUT2D eigenvalue weighted by molar-refractivity contribution is 0.0977. The van der Waals surface area contributed by atoms with Crippen LogP contribution in [0.2, 0.25) is 0 Å². The molecular weight excluding hydrogens is 322 g/mol. The van der Waals surface area contributed by atoms with Crippen molar-refractivity contribution in [1.82, 2.24) is 5.32 Å². The van der Waals surface area contributed by atoms with Crippen molar-refractivity contribution in [2.75, 3.05) is 26.3 Å². The van der Waals surface area contributed by atoms with E-state index in [1.807, 2.05) is 39.0 Å². The summed E-state index contributed by atoms with van der Waals surface area (Å²) in [6.45, 7) is 7.37. The maximum absolute atomic E-state index is 9.86. The first-order chi connectivity index (χ1) is 9.34. The number of hydrogen-bond donors (Lipinski definition) is 3. The van der Waals surface area contributed by atoms with E-state index in [0.717, 1.165) is 15.8 Å². The fourth-order valence-electron chi connectivity index (χ4n) is 1.60. The zero-order chi connectivity index (χ0) is 15.2. The molecule has 1 aromatic carbocycles. The Kier molecular flexibility index (Phi) is 6.95. The van der Waals surface area contributed by atoms with Crippen LogP contribution < -0.4 is 10.1 Å². The molecule has 0 aromatic heterocycles. The van der Waals surface area contributed by atoms with E-state index in [0.29, 0.717) is 13.1 Å². The van der Waals surface area contributed by atoms with Crippen molar-refractivity contribution in [3.8, 4) is 5.75 Å². The number of aryl methyl sites for hydroxylation is 1. The minimum atomic E-state index is -0.585. The van der Waals surface area contributed by atoms with Crippen LogP contribution in [0.4, 0.5) is 0 Å². The van der Waals surface area contributed by atoms with Gasteiger partial charge < -0.3 is 20.3 Å². The molecule has 0 aliphatic rings. The Hall–Kier alpha value is -0.620. The number of benzene rings is 1. The summed E-state index contributed by atoms with van der Waals surface area (Å²) >= 11 is 3.44. The van der Waals surface area contributed by atoms with Crippen LogP contribution in [0.25, 0.3) is 0 Å². The number of aliphatic hydroxyl groups is 2. The summed E-state index contributed by atoms with van der Waals surface area (Å²) in [5.41, 5.74) is 0.971. The monoisotopic (exact) mass is 345 g/mol. The molecule has 1 rings (SSSR count). The van der Waals surface area contributed by atoms with Crippen molar-refractivity contribution in [2.24, 2.45) is 5.41 Å². The van der Waals surface area contributed by atoms with E-state index >= 15 is 0 Å². The number of ether oxygens (including phenoxy) is 1. The molecule has 114 valence electrons. The van der Waals surface area contributed by atoms with Gasteiger partial charge in [0.15, 0.2) is 0 Å². The van der Waals surface area contributed by atoms with Crippen LogP contribution in [0, 0.1) is 12.3 Å². The van der Waals surface area contributed by atoms with Gasteiger partial charge in [-0.1, -0.05) is 19.9 Å². The second kappa shape index (κ2) is 7.98. The third kappa shape index (κ3) is 6.22. The van der Waals surface area contributed by atoms with E-state index < -0.39 is 6.10 Å². The second-order valence-electron chi connectivity index (χ2n) is 5.85. The third-order valence-electron chi connectivity index (χ3n) is 2.93. The lowest BCUT2D eigenvalue weighted by Gasteiger charge is -2.23. The number of aliphatic hydroxyl groups excluding tert-OH is 2. The lowest BCUT2D eigenvalue weighted by Crippen LogP contribution is -2.38. The van der Waals surface area contributed by atoms with Crippen molar-refractivity contribution < 1.29 is 14.9 Å². The van der Waals surface area contributed by atoms with Gasteiger partial charge in [-0.05, 0) is 40.5 Å². The molecule has 1 atom stereocenters. The molecule has 0 bridgehead atoms. The Labute approximate surface area is 129 Å². The highest BCUT2D eigenvalue weighted by molar-refractivity contribution is 9.10. The number of rotatable bonds is 8. The van der Waals surface area contributed by atoms with Crippen LogP contribution in [0.3, 0.4) is 0 Å². The predicted octanol–water partition coefficient (Wildman–Crippen LogP) is 2.11. The first kappa shape index (κ1) is 17.4. The predicted molar refractivity (Wildman–Crippen MR) is 84.1 cm³/mol. The van der Waals surface area contributed by atoms with Gasteiger partial charge in [-0.25, -0.2) is 0 Å². The highest BCUT2D eigenvalue weighted by Gasteiger charge is 2.16. The fourth-order valence-corrected chi connectivity index (χ4v) is 2.21. The average molecular weight is 346 g/mol. The Morgan fingerprint density at radius 3 is 2.70 bits per heavy atom. The summed E-state index contributed by atoms with van der Waals surface area (Å²) in [5, 5.41) is 22.1. The van der Waals surface area contributed by atoms with Crippen LogP contribution in [-0.2, 0) is 0 Å². The quantitative estimate of drug-likeness (QED) is 0.675. The fraction of sp³-hybridized carbons (Fsp3) is 0.600. The largest absolute Gasteiger partial charge is 0.490 e. The van der Waals surface area contributed by atoms with Gasteiger partial charge in [0.25, 0.3) is 0 Å². The molecule has 0 fully saturated rings. The molecule has 20 heavy (non-hydrogen) atoms. The van der Waals surface area contributed by atoms with Crippen LogP contribution in [0.5, 0.6) is 5.75 Å². The lowest BCUT2D eigenvalue weighted by atomic mass is 9.95. The number of hydrogen-bond acceptors (Lipinski definition) is 4. The third-order valence-corrected chi connectivity index (χ3v) is 3.55. The van der Waals surface area contributed by atoms with Crippen LogP contribution in [0.1, 0.15) is 19.4 Å². The summed E-state index contributed by atoms with van der Waals surface area (Å²) in [4.78, 5) is 0. The Morgan fingerprint density at radius 1 is 1.40 bits per heavy atom. The maximum Gasteiger partial charge on any atom is 0.133 e. The second-order valence-corrected chi connectivity index (χ2v) is 6.71. The molecule has 5 heteroatoms. The summed E-state index contributed by atoms with van der Waals surface area (Å²) in [6.07, 6.45) is -0.585. The molecule has 1 aromatic rings. The van der Waals surface area contributed by atoms with E-state index in [4.69, 9.17) is 9.84 Å². The van der Waals surface area contributed by atoms with Crippen molar-refractivity contribution in [1.29, 1.82) is 0 Å². The molecule has 3 N–H and O–H groups in total. The van der Waals surface area contributed by atoms with Crippen LogP contribution >= 0.6 is 15.9 Å². The minimum Gasteiger partial charge on any atom is -0.490 e. The van der Waals surface area contributed by atoms with Crippen molar-refractivity contribution >= 4 is 15.9 Å². The maximum atomic E-state index is 9.86. The highest BCUT2D eigenvalue weighted by Crippen LogP contribution is 2.25. The topological polar surface area (TPSA) is 61.7 Å². The summed E-state index contributed by atoms with van der Waals surface area (Å²) in [7, 11) is 0. The summed E-state index contributed by atoms with van der Waals surface area (Å²) in [6, 6.07) is 5.83. The van der Waals surface area contributed by atoms with Gasteiger partial charge in [0.1, 0.15) is 18.5 Å². The average Bonchev–Trinajstić information content (AvgIpc) is 2.37. The highest BCUT2D eigenvalue weighted by atomic mass is 79.9. The van der Waals surface area contributed by atoms with Crippen molar-refractivity contribution in [3.05, 3.63) is 28.2 Å². The van der Waals surface area contributed by atoms with E-state index in [9.17, 15) is 5.11 Å². The molecule has 4 nitrogen and oxygen atoms in total. The zero-order valence-corrected chi connectivity index (χ0v) is 13.9. The molecule has 0 spiro atoms. The van der Waals surface area contributed by atoms with E-state index in [1.165, 1.54) is 0 Å².